The number of halogens is 1. The molecule has 1 rings (SSSR count). The molecule has 0 saturated heterocycles. The zero-order chi connectivity index (χ0) is 10.8. The first-order valence-corrected chi connectivity index (χ1v) is 4.08. The van der Waals surface area contributed by atoms with E-state index in [1.165, 1.54) is 24.3 Å². The van der Waals surface area contributed by atoms with E-state index in [4.69, 9.17) is 21.8 Å². The summed E-state index contributed by atoms with van der Waals surface area (Å²) in [5.74, 6) is -3.20. The van der Waals surface area contributed by atoms with Crippen LogP contribution >= 0.6 is 11.6 Å². The molecule has 74 valence electrons. The minimum absolute atomic E-state index is 0.0293. The van der Waals surface area contributed by atoms with Gasteiger partial charge in [0.2, 0.25) is 0 Å². The molecule has 0 aliphatic carbocycles. The van der Waals surface area contributed by atoms with E-state index < -0.39 is 16.8 Å². The molecule has 4 nitrogen and oxygen atoms in total. The summed E-state index contributed by atoms with van der Waals surface area (Å²) in [6.45, 7) is 0. The number of hydrogen-bond acceptors (Lipinski definition) is 2. The lowest BCUT2D eigenvalue weighted by Gasteiger charge is -2.16. The zero-order valence-corrected chi connectivity index (χ0v) is 7.73. The van der Waals surface area contributed by atoms with E-state index in [1.807, 2.05) is 0 Å². The second-order valence-corrected chi connectivity index (χ2v) is 3.20. The summed E-state index contributed by atoms with van der Waals surface area (Å²) >= 11 is 5.54. The molecular formula is C9H7ClO4. The lowest BCUT2D eigenvalue weighted by atomic mass is 9.99. The predicted molar refractivity (Wildman–Crippen MR) is 49.2 cm³/mol. The Balaban J connectivity index is 3.27. The van der Waals surface area contributed by atoms with Crippen LogP contribution < -0.4 is 0 Å². The van der Waals surface area contributed by atoms with Crippen LogP contribution in [0.2, 0.25) is 0 Å². The van der Waals surface area contributed by atoms with Gasteiger partial charge in [0, 0.05) is 0 Å². The zero-order valence-electron chi connectivity index (χ0n) is 6.98. The van der Waals surface area contributed by atoms with Gasteiger partial charge < -0.3 is 10.2 Å². The van der Waals surface area contributed by atoms with Crippen LogP contribution in [0.1, 0.15) is 5.56 Å². The molecule has 0 bridgehead atoms. The Bertz CT molecular complexity index is 346. The molecule has 0 heterocycles. The van der Waals surface area contributed by atoms with Gasteiger partial charge in [0.15, 0.2) is 0 Å². The van der Waals surface area contributed by atoms with Crippen LogP contribution in [0.5, 0.6) is 0 Å². The molecule has 1 aromatic rings. The van der Waals surface area contributed by atoms with Gasteiger partial charge in [-0.2, -0.15) is 0 Å². The van der Waals surface area contributed by atoms with Crippen molar-refractivity contribution in [1.29, 1.82) is 0 Å². The highest BCUT2D eigenvalue weighted by Gasteiger charge is 2.46. The SMILES string of the molecule is O=C(O)C(Cl)(C(=O)O)c1ccccc1. The minimum atomic E-state index is -2.40. The number of hydrogen-bond donors (Lipinski definition) is 2. The molecule has 0 saturated carbocycles. The quantitative estimate of drug-likeness (QED) is 0.587. The van der Waals surface area contributed by atoms with Gasteiger partial charge in [0.1, 0.15) is 0 Å². The van der Waals surface area contributed by atoms with Gasteiger partial charge in [-0.3, -0.25) is 0 Å². The molecule has 1 aromatic carbocycles. The normalized spacial score (nSPS) is 10.9. The van der Waals surface area contributed by atoms with Crippen LogP contribution in [0.3, 0.4) is 0 Å². The monoisotopic (exact) mass is 214 g/mol. The second kappa shape index (κ2) is 3.67. The van der Waals surface area contributed by atoms with Gasteiger partial charge in [0.05, 0.1) is 0 Å². The van der Waals surface area contributed by atoms with Crippen LogP contribution in [0.15, 0.2) is 30.3 Å². The van der Waals surface area contributed by atoms with E-state index in [1.54, 1.807) is 6.07 Å². The van der Waals surface area contributed by atoms with Crippen LogP contribution in [-0.4, -0.2) is 22.2 Å². The lowest BCUT2D eigenvalue weighted by molar-refractivity contribution is -0.152. The summed E-state index contributed by atoms with van der Waals surface area (Å²) in [5, 5.41) is 17.5. The predicted octanol–water partition coefficient (Wildman–Crippen LogP) is 1.29. The second-order valence-electron chi connectivity index (χ2n) is 2.63. The van der Waals surface area contributed by atoms with Gasteiger partial charge >= 0.3 is 11.9 Å². The molecule has 0 unspecified atom stereocenters. The van der Waals surface area contributed by atoms with Crippen molar-refractivity contribution in [2.45, 2.75) is 4.87 Å². The maximum atomic E-state index is 10.8. The largest absolute Gasteiger partial charge is 0.479 e. The number of carboxylic acids is 2. The van der Waals surface area contributed by atoms with Crippen molar-refractivity contribution >= 4 is 23.5 Å². The van der Waals surface area contributed by atoms with Gasteiger partial charge in [-0.15, -0.1) is 0 Å². The number of rotatable bonds is 3. The summed E-state index contributed by atoms with van der Waals surface area (Å²) in [7, 11) is 0. The van der Waals surface area contributed by atoms with E-state index >= 15 is 0 Å². The van der Waals surface area contributed by atoms with Gasteiger partial charge in [-0.05, 0) is 5.56 Å². The van der Waals surface area contributed by atoms with Crippen molar-refractivity contribution in [3.05, 3.63) is 35.9 Å². The molecule has 0 spiro atoms. The Morgan fingerprint density at radius 1 is 1.07 bits per heavy atom. The Labute approximate surface area is 84.7 Å². The Morgan fingerprint density at radius 3 is 1.86 bits per heavy atom. The molecule has 0 radical (unpaired) electrons. The van der Waals surface area contributed by atoms with E-state index in [9.17, 15) is 9.59 Å². The third-order valence-electron chi connectivity index (χ3n) is 1.76. The van der Waals surface area contributed by atoms with Crippen LogP contribution in [-0.2, 0) is 14.5 Å². The van der Waals surface area contributed by atoms with Crippen LogP contribution in [0.4, 0.5) is 0 Å². The molecule has 0 aromatic heterocycles. The van der Waals surface area contributed by atoms with Crippen molar-refractivity contribution in [3.63, 3.8) is 0 Å². The Hall–Kier alpha value is -1.55. The average molecular weight is 215 g/mol. The standard InChI is InChI=1S/C9H7ClO4/c10-9(7(11)12,8(13)14)6-4-2-1-3-5-6/h1-5H,(H,11,12)(H,13,14). The first kappa shape index (κ1) is 10.5. The summed E-state index contributed by atoms with van der Waals surface area (Å²) < 4.78 is 0. The number of carbonyl (C=O) groups is 2. The molecule has 0 fully saturated rings. The third kappa shape index (κ3) is 1.56. The third-order valence-corrected chi connectivity index (χ3v) is 2.30. The lowest BCUT2D eigenvalue weighted by Crippen LogP contribution is -2.38. The van der Waals surface area contributed by atoms with Crippen LogP contribution in [0.25, 0.3) is 0 Å². The van der Waals surface area contributed by atoms with Gasteiger partial charge in [-0.25, -0.2) is 9.59 Å². The highest BCUT2D eigenvalue weighted by atomic mass is 35.5. The van der Waals surface area contributed by atoms with Gasteiger partial charge in [0.25, 0.3) is 4.87 Å². The van der Waals surface area contributed by atoms with Gasteiger partial charge in [-0.1, -0.05) is 41.9 Å². The molecular weight excluding hydrogens is 208 g/mol. The summed E-state index contributed by atoms with van der Waals surface area (Å²) in [5.41, 5.74) is 0.0293. The topological polar surface area (TPSA) is 74.6 Å². The molecule has 14 heavy (non-hydrogen) atoms. The van der Waals surface area contributed by atoms with Crippen LogP contribution in [0, 0.1) is 0 Å². The van der Waals surface area contributed by atoms with E-state index in [-0.39, 0.29) is 5.56 Å². The number of alkyl halides is 1. The van der Waals surface area contributed by atoms with Crippen molar-refractivity contribution in [3.8, 4) is 0 Å². The molecule has 0 amide bonds. The smallest absolute Gasteiger partial charge is 0.341 e. The number of aliphatic carboxylic acids is 2. The first-order chi connectivity index (χ1) is 6.49. The highest BCUT2D eigenvalue weighted by Crippen LogP contribution is 2.29. The Morgan fingerprint density at radius 2 is 1.50 bits per heavy atom. The fourth-order valence-corrected chi connectivity index (χ4v) is 1.13. The maximum absolute atomic E-state index is 10.8. The summed E-state index contributed by atoms with van der Waals surface area (Å²) in [6, 6.07) is 7.41. The number of carboxylic acid groups (broad SMARTS) is 2. The van der Waals surface area contributed by atoms with E-state index in [0.29, 0.717) is 0 Å². The van der Waals surface area contributed by atoms with Crippen molar-refractivity contribution in [1.82, 2.24) is 0 Å². The summed E-state index contributed by atoms with van der Waals surface area (Å²) in [6.07, 6.45) is 0. The highest BCUT2D eigenvalue weighted by molar-refractivity contribution is 6.43. The fraction of sp³-hybridized carbons (Fsp3) is 0.111. The van der Waals surface area contributed by atoms with Crippen molar-refractivity contribution < 1.29 is 19.8 Å². The van der Waals surface area contributed by atoms with E-state index in [2.05, 4.69) is 0 Å². The minimum Gasteiger partial charge on any atom is -0.479 e. The maximum Gasteiger partial charge on any atom is 0.341 e. The summed E-state index contributed by atoms with van der Waals surface area (Å²) in [4.78, 5) is 19.1. The molecule has 2 N–H and O–H groups in total. The van der Waals surface area contributed by atoms with Crippen molar-refractivity contribution in [2.24, 2.45) is 0 Å². The fourth-order valence-electron chi connectivity index (χ4n) is 1.01. The first-order valence-electron chi connectivity index (χ1n) is 3.71. The Kier molecular flexibility index (Phi) is 2.76. The number of benzene rings is 1. The molecule has 5 heteroatoms. The molecule has 0 aliphatic rings. The molecule has 0 aliphatic heterocycles. The van der Waals surface area contributed by atoms with Crippen molar-refractivity contribution in [2.75, 3.05) is 0 Å². The molecule has 0 atom stereocenters. The average Bonchev–Trinajstić information content (AvgIpc) is 2.17. The van der Waals surface area contributed by atoms with E-state index in [0.717, 1.165) is 0 Å².